The van der Waals surface area contributed by atoms with Crippen LogP contribution < -0.4 is 10.6 Å². The van der Waals surface area contributed by atoms with Crippen molar-refractivity contribution in [3.63, 3.8) is 0 Å². The van der Waals surface area contributed by atoms with Gasteiger partial charge in [-0.05, 0) is 40.7 Å². The van der Waals surface area contributed by atoms with Crippen LogP contribution in [-0.2, 0) is 39.8 Å². The van der Waals surface area contributed by atoms with Gasteiger partial charge in [0.2, 0.25) is 5.60 Å². The molecule has 3 aliphatic heterocycles. The molecule has 9 aromatic rings. The molecule has 408 valence electrons. The molecule has 2 amide bonds. The van der Waals surface area contributed by atoms with Gasteiger partial charge in [-0.3, -0.25) is 14.5 Å². The van der Waals surface area contributed by atoms with Crippen LogP contribution in [0, 0.1) is 0 Å². The second-order valence-electron chi connectivity index (χ2n) is 20.0. The number of esters is 1. The molecule has 0 spiro atoms. The number of hydrogen-bond donors (Lipinski definition) is 2. The fourth-order valence-corrected chi connectivity index (χ4v) is 14.4. The number of amides is 2. The van der Waals surface area contributed by atoms with Crippen LogP contribution in [0.4, 0.5) is 5.13 Å². The summed E-state index contributed by atoms with van der Waals surface area (Å²) in [5.41, 5.74) is 4.68. The molecule has 1 aromatic heterocycles. The number of fused-ring (bicyclic) bond motifs is 1. The third-order valence-electron chi connectivity index (χ3n) is 15.0. The zero-order chi connectivity index (χ0) is 55.7. The zero-order valence-corrected chi connectivity index (χ0v) is 47.0. The van der Waals surface area contributed by atoms with E-state index >= 15 is 9.59 Å². The quantitative estimate of drug-likeness (QED) is 0.0250. The lowest BCUT2D eigenvalue weighted by atomic mass is 9.77. The van der Waals surface area contributed by atoms with E-state index in [4.69, 9.17) is 24.5 Å². The Morgan fingerprint density at radius 1 is 0.659 bits per heavy atom. The van der Waals surface area contributed by atoms with Gasteiger partial charge in [0.15, 0.2) is 16.9 Å². The third-order valence-corrected chi connectivity index (χ3v) is 18.4. The van der Waals surface area contributed by atoms with E-state index in [-0.39, 0.29) is 23.2 Å². The number of oxime groups is 1. The summed E-state index contributed by atoms with van der Waals surface area (Å²) in [7, 11) is 0. The van der Waals surface area contributed by atoms with Crippen molar-refractivity contribution in [3.8, 4) is 0 Å². The second kappa shape index (κ2) is 24.7. The molecule has 3 atom stereocenters. The van der Waals surface area contributed by atoms with Gasteiger partial charge in [0.05, 0.1) is 6.10 Å². The molecule has 82 heavy (non-hydrogen) atoms. The van der Waals surface area contributed by atoms with E-state index in [1.807, 2.05) is 206 Å². The first kappa shape index (κ1) is 54.1. The van der Waals surface area contributed by atoms with E-state index in [1.165, 1.54) is 39.8 Å². The number of carbonyl (C=O) groups excluding carboxylic acids is 3. The van der Waals surface area contributed by atoms with Crippen molar-refractivity contribution in [1.82, 2.24) is 15.2 Å². The lowest BCUT2D eigenvalue weighted by Crippen LogP contribution is -2.71. The molecule has 0 saturated carbocycles. The summed E-state index contributed by atoms with van der Waals surface area (Å²) in [6.45, 7) is 0.689. The first-order valence-corrected chi connectivity index (χ1v) is 30.2. The number of aromatic nitrogens is 1. The van der Waals surface area contributed by atoms with Crippen molar-refractivity contribution in [2.45, 2.75) is 47.6 Å². The molecule has 14 heteroatoms. The van der Waals surface area contributed by atoms with Crippen molar-refractivity contribution in [2.24, 2.45) is 5.16 Å². The molecular formula is C68H57N5O6S3. The summed E-state index contributed by atoms with van der Waals surface area (Å²) >= 11 is 4.31. The largest absolute Gasteiger partial charge is 0.448 e. The smallest absolute Gasteiger partial charge is 0.356 e. The number of carbonyl (C=O) groups is 3. The molecule has 2 saturated heterocycles. The number of thioether (sulfide) groups is 2. The van der Waals surface area contributed by atoms with E-state index in [0.717, 1.165) is 62.3 Å². The predicted molar refractivity (Wildman–Crippen MR) is 326 cm³/mol. The Hall–Kier alpha value is -8.53. The number of nitrogens with zero attached hydrogens (tertiary/aromatic N) is 3. The van der Waals surface area contributed by atoms with Gasteiger partial charge in [-0.25, -0.2) is 9.78 Å². The SMILES string of the molecule is O=C(OC(c1ccccc1)c1ccccc1)C1=C(SCC2CCCO2)CS[C@H]2C(NC(=O)/C(=N\OC(c3ccccc3)(c3ccccc3)c3ccccc3)c3csc(NC(c4ccccc4)(c4ccccc4)c4ccccc4)n3)C(=O)N12. The van der Waals surface area contributed by atoms with Gasteiger partial charge < -0.3 is 24.9 Å². The molecule has 12 rings (SSSR count). The Morgan fingerprint density at radius 2 is 1.12 bits per heavy atom. The predicted octanol–water partition coefficient (Wildman–Crippen LogP) is 13.1. The maximum atomic E-state index is 15.6. The lowest BCUT2D eigenvalue weighted by Gasteiger charge is -2.49. The first-order valence-electron chi connectivity index (χ1n) is 27.3. The Balaban J connectivity index is 0.928. The zero-order valence-electron chi connectivity index (χ0n) is 44.5. The van der Waals surface area contributed by atoms with Gasteiger partial charge in [-0.15, -0.1) is 34.9 Å². The van der Waals surface area contributed by atoms with E-state index in [0.29, 0.717) is 23.2 Å². The molecule has 3 aliphatic rings. The molecule has 0 aliphatic carbocycles. The highest BCUT2D eigenvalue weighted by Gasteiger charge is 2.55. The highest BCUT2D eigenvalue weighted by molar-refractivity contribution is 8.06. The monoisotopic (exact) mass is 1140 g/mol. The second-order valence-corrected chi connectivity index (χ2v) is 23.1. The summed E-state index contributed by atoms with van der Waals surface area (Å²) < 4.78 is 12.5. The minimum atomic E-state index is -1.37. The molecule has 2 fully saturated rings. The Kier molecular flexibility index (Phi) is 16.3. The topological polar surface area (TPSA) is 131 Å². The van der Waals surface area contributed by atoms with Crippen LogP contribution in [0.15, 0.2) is 264 Å². The van der Waals surface area contributed by atoms with Crippen molar-refractivity contribution in [1.29, 1.82) is 0 Å². The molecule has 8 aromatic carbocycles. The van der Waals surface area contributed by atoms with E-state index < -0.39 is 46.4 Å². The molecule has 11 nitrogen and oxygen atoms in total. The van der Waals surface area contributed by atoms with E-state index in [2.05, 4.69) is 47.0 Å². The highest BCUT2D eigenvalue weighted by atomic mass is 32.2. The van der Waals surface area contributed by atoms with Crippen LogP contribution in [0.25, 0.3) is 0 Å². The van der Waals surface area contributed by atoms with Gasteiger partial charge in [-0.1, -0.05) is 248 Å². The van der Waals surface area contributed by atoms with Gasteiger partial charge in [0.25, 0.3) is 11.8 Å². The van der Waals surface area contributed by atoms with Gasteiger partial charge >= 0.3 is 5.97 Å². The van der Waals surface area contributed by atoms with Gasteiger partial charge in [0, 0.05) is 45.1 Å². The average Bonchev–Trinajstić information content (AvgIpc) is 4.03. The molecule has 2 unspecified atom stereocenters. The third kappa shape index (κ3) is 10.9. The summed E-state index contributed by atoms with van der Waals surface area (Å²) in [6.07, 6.45) is 1.15. The molecule has 2 N–H and O–H groups in total. The lowest BCUT2D eigenvalue weighted by molar-refractivity contribution is -0.154. The fourth-order valence-electron chi connectivity index (χ4n) is 11.0. The van der Waals surface area contributed by atoms with Crippen molar-refractivity contribution >= 4 is 63.5 Å². The van der Waals surface area contributed by atoms with Crippen LogP contribution in [0.5, 0.6) is 0 Å². The van der Waals surface area contributed by atoms with Crippen LogP contribution in [0.1, 0.15) is 69.1 Å². The minimum Gasteiger partial charge on any atom is -0.448 e. The maximum Gasteiger partial charge on any atom is 0.356 e. The van der Waals surface area contributed by atoms with Crippen LogP contribution >= 0.6 is 34.9 Å². The summed E-state index contributed by atoms with van der Waals surface area (Å²) in [5.74, 6) is -0.779. The van der Waals surface area contributed by atoms with Crippen LogP contribution in [0.2, 0.25) is 0 Å². The van der Waals surface area contributed by atoms with Crippen molar-refractivity contribution in [3.05, 3.63) is 309 Å². The molecule has 0 radical (unpaired) electrons. The number of rotatable bonds is 20. The number of thiazole rings is 1. The van der Waals surface area contributed by atoms with Crippen molar-refractivity contribution in [2.75, 3.05) is 23.4 Å². The van der Waals surface area contributed by atoms with Crippen LogP contribution in [-0.4, -0.2) is 69.0 Å². The normalized spacial score (nSPS) is 17.2. The first-order chi connectivity index (χ1) is 40.4. The molecular weight excluding hydrogens is 1080 g/mol. The maximum absolute atomic E-state index is 15.6. The van der Waals surface area contributed by atoms with Crippen molar-refractivity contribution < 1.29 is 28.7 Å². The minimum absolute atomic E-state index is 0.0233. The highest BCUT2D eigenvalue weighted by Crippen LogP contribution is 2.46. The summed E-state index contributed by atoms with van der Waals surface area (Å²) in [6, 6.07) is 78.0. The van der Waals surface area contributed by atoms with Gasteiger partial charge in [-0.2, -0.15) is 0 Å². The summed E-state index contributed by atoms with van der Waals surface area (Å²) in [4.78, 5) is 60.0. The number of anilines is 1. The van der Waals surface area contributed by atoms with Crippen LogP contribution in [0.3, 0.4) is 0 Å². The fraction of sp³-hybridized carbons (Fsp3) is 0.162. The molecule has 4 heterocycles. The summed E-state index contributed by atoms with van der Waals surface area (Å²) in [5, 5.41) is 13.5. The number of nitrogens with one attached hydrogen (secondary N) is 2. The van der Waals surface area contributed by atoms with E-state index in [9.17, 15) is 4.79 Å². The average molecular weight is 1140 g/mol. The van der Waals surface area contributed by atoms with E-state index in [1.54, 1.807) is 5.38 Å². The Labute approximate surface area is 489 Å². The number of β-lactam (4-membered cyclic amide) rings is 1. The standard InChI is InChI=1S/C68H57N5O6S3/c74-62(70-59-63(75)73-60(57(46-81-64(59)73)80-44-55-42-25-43-77-55)65(76)78-61(47-26-9-1-10-27-47)48-28-11-2-12-29-48)58(72-79-68(52-36-19-6-20-37-52,53-38-21-7-22-39-53)54-40-23-8-24-41-54)56-45-82-66(69-56)71-67(49-30-13-3-14-31-49,50-32-15-4-16-33-50)51-34-17-5-18-35-51/h1-24,26-41,45,55,59,61,64H,25,42-44,46H2,(H,69,71)(H,70,74)/b72-58-/t55?,59?,64-/m0/s1. The number of benzene rings is 8. The number of hydrogen-bond acceptors (Lipinski definition) is 12. The Morgan fingerprint density at radius 3 is 1.59 bits per heavy atom. The Bertz CT molecular complexity index is 3460. The van der Waals surface area contributed by atoms with Gasteiger partial charge in [0.1, 0.15) is 28.3 Å². The molecule has 0 bridgehead atoms. The number of ether oxygens (including phenoxy) is 2.